The second-order valence-electron chi connectivity index (χ2n) is 4.92. The third-order valence-corrected chi connectivity index (χ3v) is 4.08. The SMILES string of the molecule is CN1C2CCC1CC(c1noc(CO)n1)C2. The van der Waals surface area contributed by atoms with E-state index in [1.54, 1.807) is 0 Å². The Hall–Kier alpha value is -0.940. The van der Waals surface area contributed by atoms with E-state index in [2.05, 4.69) is 22.1 Å². The third kappa shape index (κ3) is 1.55. The number of piperidine rings is 1. The number of nitrogens with zero attached hydrogens (tertiary/aromatic N) is 3. The Labute approximate surface area is 94.4 Å². The molecule has 2 atom stereocenters. The van der Waals surface area contributed by atoms with Crippen molar-refractivity contribution in [3.63, 3.8) is 0 Å². The van der Waals surface area contributed by atoms with Crippen molar-refractivity contribution >= 4 is 0 Å². The molecule has 2 aliphatic heterocycles. The summed E-state index contributed by atoms with van der Waals surface area (Å²) in [5.74, 6) is 1.54. The molecule has 5 heteroatoms. The lowest BCUT2D eigenvalue weighted by molar-refractivity contribution is 0.157. The van der Waals surface area contributed by atoms with Crippen molar-refractivity contribution in [3.05, 3.63) is 11.7 Å². The standard InChI is InChI=1S/C11H17N3O2/c1-14-8-2-3-9(14)5-7(4-8)11-12-10(6-15)16-13-11/h7-9,15H,2-6H2,1H3. The summed E-state index contributed by atoms with van der Waals surface area (Å²) >= 11 is 0. The zero-order chi connectivity index (χ0) is 11.1. The van der Waals surface area contributed by atoms with E-state index in [0.717, 1.165) is 18.7 Å². The van der Waals surface area contributed by atoms with Crippen LogP contribution in [0.25, 0.3) is 0 Å². The molecule has 0 radical (unpaired) electrons. The van der Waals surface area contributed by atoms with Crippen LogP contribution in [0, 0.1) is 0 Å². The molecule has 5 nitrogen and oxygen atoms in total. The van der Waals surface area contributed by atoms with Gasteiger partial charge in [-0.3, -0.25) is 0 Å². The van der Waals surface area contributed by atoms with Crippen molar-refractivity contribution in [1.29, 1.82) is 0 Å². The van der Waals surface area contributed by atoms with E-state index < -0.39 is 0 Å². The Bertz CT molecular complexity index is 365. The van der Waals surface area contributed by atoms with Crippen LogP contribution in [0.1, 0.15) is 43.3 Å². The van der Waals surface area contributed by atoms with Crippen LogP contribution < -0.4 is 0 Å². The highest BCUT2D eigenvalue weighted by Gasteiger charge is 2.40. The molecule has 0 aromatic carbocycles. The molecule has 0 amide bonds. The molecule has 88 valence electrons. The summed E-state index contributed by atoms with van der Waals surface area (Å²) in [7, 11) is 2.22. The normalized spacial score (nSPS) is 34.5. The molecule has 3 heterocycles. The minimum atomic E-state index is -0.160. The predicted molar refractivity (Wildman–Crippen MR) is 56.8 cm³/mol. The Morgan fingerprint density at radius 2 is 2.06 bits per heavy atom. The van der Waals surface area contributed by atoms with Crippen molar-refractivity contribution in [2.45, 2.75) is 50.3 Å². The van der Waals surface area contributed by atoms with Gasteiger partial charge in [0.15, 0.2) is 5.82 Å². The lowest BCUT2D eigenvalue weighted by Crippen LogP contribution is -2.39. The number of hydrogen-bond donors (Lipinski definition) is 1. The first kappa shape index (κ1) is 10.2. The van der Waals surface area contributed by atoms with Crippen LogP contribution in [0.15, 0.2) is 4.52 Å². The molecule has 2 fully saturated rings. The molecule has 16 heavy (non-hydrogen) atoms. The van der Waals surface area contributed by atoms with Crippen molar-refractivity contribution in [2.75, 3.05) is 7.05 Å². The smallest absolute Gasteiger partial charge is 0.252 e. The second kappa shape index (κ2) is 3.82. The fourth-order valence-electron chi connectivity index (χ4n) is 3.12. The third-order valence-electron chi connectivity index (χ3n) is 4.08. The van der Waals surface area contributed by atoms with Crippen LogP contribution in [0.4, 0.5) is 0 Å². The quantitative estimate of drug-likeness (QED) is 0.807. The summed E-state index contributed by atoms with van der Waals surface area (Å²) in [6.07, 6.45) is 4.83. The summed E-state index contributed by atoms with van der Waals surface area (Å²) in [5, 5.41) is 12.9. The van der Waals surface area contributed by atoms with Crippen molar-refractivity contribution in [1.82, 2.24) is 15.0 Å². The Kier molecular flexibility index (Phi) is 2.44. The van der Waals surface area contributed by atoms with Crippen molar-refractivity contribution < 1.29 is 9.63 Å². The van der Waals surface area contributed by atoms with E-state index in [0.29, 0.717) is 23.9 Å². The first-order chi connectivity index (χ1) is 7.78. The molecule has 2 unspecified atom stereocenters. The van der Waals surface area contributed by atoms with E-state index >= 15 is 0 Å². The fourth-order valence-corrected chi connectivity index (χ4v) is 3.12. The minimum absolute atomic E-state index is 0.160. The van der Waals surface area contributed by atoms with Crippen LogP contribution >= 0.6 is 0 Å². The summed E-state index contributed by atoms with van der Waals surface area (Å²) in [6.45, 7) is -0.160. The van der Waals surface area contributed by atoms with Crippen molar-refractivity contribution in [2.24, 2.45) is 0 Å². The lowest BCUT2D eigenvalue weighted by Gasteiger charge is -2.34. The van der Waals surface area contributed by atoms with Gasteiger partial charge >= 0.3 is 0 Å². The largest absolute Gasteiger partial charge is 0.387 e. The molecule has 0 saturated carbocycles. The number of aromatic nitrogens is 2. The molecule has 0 spiro atoms. The Morgan fingerprint density at radius 1 is 1.38 bits per heavy atom. The van der Waals surface area contributed by atoms with Crippen LogP contribution in [0.3, 0.4) is 0 Å². The van der Waals surface area contributed by atoms with Gasteiger partial charge in [-0.2, -0.15) is 4.98 Å². The summed E-state index contributed by atoms with van der Waals surface area (Å²) in [4.78, 5) is 6.72. The highest BCUT2D eigenvalue weighted by molar-refractivity contribution is 5.05. The van der Waals surface area contributed by atoms with Gasteiger partial charge < -0.3 is 14.5 Å². The first-order valence-corrected chi connectivity index (χ1v) is 5.93. The average molecular weight is 223 g/mol. The second-order valence-corrected chi connectivity index (χ2v) is 4.92. The summed E-state index contributed by atoms with van der Waals surface area (Å²) in [5.41, 5.74) is 0. The number of aliphatic hydroxyl groups is 1. The average Bonchev–Trinajstić information content (AvgIpc) is 2.82. The molecular formula is C11H17N3O2. The highest BCUT2D eigenvalue weighted by Crippen LogP contribution is 2.41. The van der Waals surface area contributed by atoms with E-state index in [4.69, 9.17) is 9.63 Å². The number of fused-ring (bicyclic) bond motifs is 2. The molecule has 1 aromatic rings. The van der Waals surface area contributed by atoms with Crippen LogP contribution in [-0.2, 0) is 6.61 Å². The van der Waals surface area contributed by atoms with Gasteiger partial charge in [0.1, 0.15) is 6.61 Å². The zero-order valence-corrected chi connectivity index (χ0v) is 9.46. The molecule has 3 rings (SSSR count). The summed E-state index contributed by atoms with van der Waals surface area (Å²) < 4.78 is 4.96. The van der Waals surface area contributed by atoms with E-state index in [1.165, 1.54) is 12.8 Å². The monoisotopic (exact) mass is 223 g/mol. The maximum Gasteiger partial charge on any atom is 0.252 e. The maximum atomic E-state index is 8.90. The van der Waals surface area contributed by atoms with E-state index in [9.17, 15) is 0 Å². The fraction of sp³-hybridized carbons (Fsp3) is 0.818. The number of aliphatic hydroxyl groups excluding tert-OH is 1. The Balaban J connectivity index is 1.77. The van der Waals surface area contributed by atoms with Gasteiger partial charge in [0.25, 0.3) is 5.89 Å². The highest BCUT2D eigenvalue weighted by atomic mass is 16.5. The van der Waals surface area contributed by atoms with Crippen LogP contribution in [0.5, 0.6) is 0 Å². The van der Waals surface area contributed by atoms with Gasteiger partial charge in [-0.1, -0.05) is 5.16 Å². The van der Waals surface area contributed by atoms with Crippen LogP contribution in [0.2, 0.25) is 0 Å². The predicted octanol–water partition coefficient (Wildman–Crippen LogP) is 0.902. The summed E-state index contributed by atoms with van der Waals surface area (Å²) in [6, 6.07) is 1.36. The number of hydrogen-bond acceptors (Lipinski definition) is 5. The number of rotatable bonds is 2. The zero-order valence-electron chi connectivity index (χ0n) is 9.46. The molecule has 1 N–H and O–H groups in total. The van der Waals surface area contributed by atoms with E-state index in [1.807, 2.05) is 0 Å². The molecule has 0 aliphatic carbocycles. The van der Waals surface area contributed by atoms with Crippen molar-refractivity contribution in [3.8, 4) is 0 Å². The molecule has 2 saturated heterocycles. The van der Waals surface area contributed by atoms with Crippen LogP contribution in [-0.4, -0.2) is 39.3 Å². The van der Waals surface area contributed by atoms with E-state index in [-0.39, 0.29) is 6.61 Å². The maximum absolute atomic E-state index is 8.90. The minimum Gasteiger partial charge on any atom is -0.387 e. The molecule has 2 bridgehead atoms. The molecule has 2 aliphatic rings. The van der Waals surface area contributed by atoms with Gasteiger partial charge in [-0.25, -0.2) is 0 Å². The lowest BCUT2D eigenvalue weighted by atomic mass is 9.90. The Morgan fingerprint density at radius 3 is 2.62 bits per heavy atom. The topological polar surface area (TPSA) is 62.4 Å². The molecule has 1 aromatic heterocycles. The van der Waals surface area contributed by atoms with Gasteiger partial charge in [0.05, 0.1) is 0 Å². The van der Waals surface area contributed by atoms with Gasteiger partial charge in [-0.15, -0.1) is 0 Å². The van der Waals surface area contributed by atoms with Gasteiger partial charge in [0.2, 0.25) is 0 Å². The van der Waals surface area contributed by atoms with Gasteiger partial charge in [-0.05, 0) is 32.7 Å². The van der Waals surface area contributed by atoms with Gasteiger partial charge in [0, 0.05) is 18.0 Å². The first-order valence-electron chi connectivity index (χ1n) is 5.93. The molecular weight excluding hydrogens is 206 g/mol.